The second-order valence-electron chi connectivity index (χ2n) is 5.11. The molecule has 0 spiro atoms. The molecule has 1 heterocycles. The maximum absolute atomic E-state index is 12.9. The summed E-state index contributed by atoms with van der Waals surface area (Å²) >= 11 is 3.39. The fourth-order valence-corrected chi connectivity index (χ4v) is 2.85. The smallest absolute Gasteiger partial charge is 0.242 e. The SMILES string of the molecule is NC1C(=O)N(Cc2ccc(F)cc2)C1c1ccc(Br)cc1. The molecule has 2 aromatic carbocycles. The highest BCUT2D eigenvalue weighted by Crippen LogP contribution is 2.35. The molecule has 2 N–H and O–H groups in total. The van der Waals surface area contributed by atoms with E-state index in [4.69, 9.17) is 5.73 Å². The number of carbonyl (C=O) groups is 1. The molecule has 1 amide bonds. The average Bonchev–Trinajstić information content (AvgIpc) is 2.50. The van der Waals surface area contributed by atoms with Gasteiger partial charge in [0.05, 0.1) is 6.04 Å². The summed E-state index contributed by atoms with van der Waals surface area (Å²) in [5.74, 6) is -0.359. The van der Waals surface area contributed by atoms with Crippen LogP contribution in [0.1, 0.15) is 17.2 Å². The second kappa shape index (κ2) is 5.58. The fraction of sp³-hybridized carbons (Fsp3) is 0.188. The maximum atomic E-state index is 12.9. The number of carbonyl (C=O) groups excluding carboxylic acids is 1. The van der Waals surface area contributed by atoms with Crippen molar-refractivity contribution in [2.75, 3.05) is 0 Å². The molecule has 21 heavy (non-hydrogen) atoms. The van der Waals surface area contributed by atoms with E-state index in [1.807, 2.05) is 24.3 Å². The van der Waals surface area contributed by atoms with Crippen molar-refractivity contribution in [3.8, 4) is 0 Å². The molecule has 3 rings (SSSR count). The van der Waals surface area contributed by atoms with Crippen molar-refractivity contribution in [1.82, 2.24) is 4.90 Å². The summed E-state index contributed by atoms with van der Waals surface area (Å²) in [6.07, 6.45) is 0. The lowest BCUT2D eigenvalue weighted by Gasteiger charge is -2.45. The minimum absolute atomic E-state index is 0.0766. The van der Waals surface area contributed by atoms with E-state index in [0.29, 0.717) is 6.54 Å². The van der Waals surface area contributed by atoms with Crippen molar-refractivity contribution < 1.29 is 9.18 Å². The molecule has 108 valence electrons. The summed E-state index contributed by atoms with van der Waals surface area (Å²) in [7, 11) is 0. The standard InChI is InChI=1S/C16H14BrFN2O/c17-12-5-3-11(4-6-12)15-14(19)16(21)20(15)9-10-1-7-13(18)8-2-10/h1-8,14-15H,9,19H2. The highest BCUT2D eigenvalue weighted by atomic mass is 79.9. The summed E-state index contributed by atoms with van der Waals surface area (Å²) in [5, 5.41) is 0. The van der Waals surface area contributed by atoms with E-state index in [1.165, 1.54) is 12.1 Å². The van der Waals surface area contributed by atoms with Crippen molar-refractivity contribution in [2.45, 2.75) is 18.6 Å². The topological polar surface area (TPSA) is 46.3 Å². The molecule has 0 aromatic heterocycles. The summed E-state index contributed by atoms with van der Waals surface area (Å²) in [4.78, 5) is 13.7. The summed E-state index contributed by atoms with van der Waals surface area (Å²) in [6, 6.07) is 13.3. The van der Waals surface area contributed by atoms with Gasteiger partial charge < -0.3 is 10.6 Å². The van der Waals surface area contributed by atoms with Gasteiger partial charge >= 0.3 is 0 Å². The number of hydrogen-bond acceptors (Lipinski definition) is 2. The Labute approximate surface area is 130 Å². The van der Waals surface area contributed by atoms with Crippen LogP contribution in [0.4, 0.5) is 4.39 Å². The zero-order chi connectivity index (χ0) is 15.0. The first-order chi connectivity index (χ1) is 10.1. The molecule has 0 saturated carbocycles. The highest BCUT2D eigenvalue weighted by molar-refractivity contribution is 9.10. The fourth-order valence-electron chi connectivity index (χ4n) is 2.59. The van der Waals surface area contributed by atoms with E-state index in [9.17, 15) is 9.18 Å². The summed E-state index contributed by atoms with van der Waals surface area (Å²) in [6.45, 7) is 0.438. The lowest BCUT2D eigenvalue weighted by atomic mass is 9.88. The zero-order valence-corrected chi connectivity index (χ0v) is 12.8. The largest absolute Gasteiger partial charge is 0.328 e. The van der Waals surface area contributed by atoms with Gasteiger partial charge in [-0.05, 0) is 35.4 Å². The minimum atomic E-state index is -0.508. The van der Waals surface area contributed by atoms with Crippen molar-refractivity contribution in [3.63, 3.8) is 0 Å². The Morgan fingerprint density at radius 1 is 1.10 bits per heavy atom. The van der Waals surface area contributed by atoms with E-state index in [1.54, 1.807) is 17.0 Å². The Balaban J connectivity index is 1.81. The van der Waals surface area contributed by atoms with Crippen LogP contribution in [0.25, 0.3) is 0 Å². The van der Waals surface area contributed by atoms with E-state index >= 15 is 0 Å². The minimum Gasteiger partial charge on any atom is -0.328 e. The van der Waals surface area contributed by atoms with Gasteiger partial charge in [-0.15, -0.1) is 0 Å². The number of hydrogen-bond donors (Lipinski definition) is 1. The van der Waals surface area contributed by atoms with Gasteiger partial charge in [0.25, 0.3) is 0 Å². The third-order valence-electron chi connectivity index (χ3n) is 3.72. The molecular weight excluding hydrogens is 335 g/mol. The molecule has 0 aliphatic carbocycles. The third kappa shape index (κ3) is 2.71. The molecule has 1 fully saturated rings. The Morgan fingerprint density at radius 2 is 1.71 bits per heavy atom. The Hall–Kier alpha value is -1.72. The molecule has 2 atom stereocenters. The number of rotatable bonds is 3. The summed E-state index contributed by atoms with van der Waals surface area (Å²) in [5.41, 5.74) is 7.84. The molecule has 2 unspecified atom stereocenters. The quantitative estimate of drug-likeness (QED) is 0.866. The predicted octanol–water partition coefficient (Wildman–Crippen LogP) is 3.00. The van der Waals surface area contributed by atoms with Gasteiger partial charge in [0, 0.05) is 11.0 Å². The molecule has 0 bridgehead atoms. The Kier molecular flexibility index (Phi) is 3.78. The molecule has 3 nitrogen and oxygen atoms in total. The predicted molar refractivity (Wildman–Crippen MR) is 81.8 cm³/mol. The number of amides is 1. The van der Waals surface area contributed by atoms with Crippen LogP contribution in [0.15, 0.2) is 53.0 Å². The van der Waals surface area contributed by atoms with Gasteiger partial charge in [0.1, 0.15) is 11.9 Å². The maximum Gasteiger partial charge on any atom is 0.242 e. The molecule has 5 heteroatoms. The van der Waals surface area contributed by atoms with Crippen molar-refractivity contribution in [3.05, 3.63) is 69.9 Å². The lowest BCUT2D eigenvalue weighted by Crippen LogP contribution is -2.62. The van der Waals surface area contributed by atoms with Gasteiger partial charge in [-0.1, -0.05) is 40.2 Å². The van der Waals surface area contributed by atoms with Crippen LogP contribution >= 0.6 is 15.9 Å². The van der Waals surface area contributed by atoms with Gasteiger partial charge in [0.15, 0.2) is 0 Å². The number of likely N-dealkylation sites (tertiary alicyclic amines) is 1. The summed E-state index contributed by atoms with van der Waals surface area (Å²) < 4.78 is 13.9. The Bertz CT molecular complexity index is 657. The van der Waals surface area contributed by atoms with Gasteiger partial charge in [-0.25, -0.2) is 4.39 Å². The number of benzene rings is 2. The number of nitrogens with zero attached hydrogens (tertiary/aromatic N) is 1. The van der Waals surface area contributed by atoms with Crippen LogP contribution in [0.3, 0.4) is 0 Å². The zero-order valence-electron chi connectivity index (χ0n) is 11.2. The molecule has 1 aliphatic heterocycles. The lowest BCUT2D eigenvalue weighted by molar-refractivity contribution is -0.150. The normalized spacial score (nSPS) is 21.3. The van der Waals surface area contributed by atoms with E-state index in [0.717, 1.165) is 15.6 Å². The van der Waals surface area contributed by atoms with Gasteiger partial charge in [-0.3, -0.25) is 4.79 Å². The van der Waals surface area contributed by atoms with E-state index in [2.05, 4.69) is 15.9 Å². The number of halogens is 2. The van der Waals surface area contributed by atoms with Gasteiger partial charge in [-0.2, -0.15) is 0 Å². The van der Waals surface area contributed by atoms with Crippen LogP contribution in [-0.2, 0) is 11.3 Å². The van der Waals surface area contributed by atoms with Crippen molar-refractivity contribution >= 4 is 21.8 Å². The second-order valence-corrected chi connectivity index (χ2v) is 6.03. The monoisotopic (exact) mass is 348 g/mol. The molecule has 1 saturated heterocycles. The molecular formula is C16H14BrFN2O. The van der Waals surface area contributed by atoms with Crippen molar-refractivity contribution in [1.29, 1.82) is 0 Å². The first-order valence-electron chi connectivity index (χ1n) is 6.62. The first-order valence-corrected chi connectivity index (χ1v) is 7.41. The number of β-lactam (4-membered cyclic amide) rings is 1. The van der Waals surface area contributed by atoms with E-state index < -0.39 is 6.04 Å². The molecule has 2 aromatic rings. The van der Waals surface area contributed by atoms with Gasteiger partial charge in [0.2, 0.25) is 5.91 Å². The highest BCUT2D eigenvalue weighted by Gasteiger charge is 2.45. The van der Waals surface area contributed by atoms with E-state index in [-0.39, 0.29) is 17.8 Å². The molecule has 1 aliphatic rings. The van der Waals surface area contributed by atoms with Crippen LogP contribution in [0.5, 0.6) is 0 Å². The number of nitrogens with two attached hydrogens (primary N) is 1. The van der Waals surface area contributed by atoms with Crippen LogP contribution in [0.2, 0.25) is 0 Å². The van der Waals surface area contributed by atoms with Crippen molar-refractivity contribution in [2.24, 2.45) is 5.73 Å². The van der Waals surface area contributed by atoms with Crippen LogP contribution < -0.4 is 5.73 Å². The molecule has 0 radical (unpaired) electrons. The van der Waals surface area contributed by atoms with Crippen LogP contribution in [-0.4, -0.2) is 16.8 Å². The Morgan fingerprint density at radius 3 is 2.33 bits per heavy atom. The third-order valence-corrected chi connectivity index (χ3v) is 4.25. The first kappa shape index (κ1) is 14.2. The van der Waals surface area contributed by atoms with Crippen LogP contribution in [0, 0.1) is 5.82 Å². The average molecular weight is 349 g/mol.